The minimum Gasteiger partial charge on any atom is -0.481 e. The van der Waals surface area contributed by atoms with Crippen LogP contribution in [-0.2, 0) is 29.5 Å². The smallest absolute Gasteiger partial charge is 0.307 e. The van der Waals surface area contributed by atoms with Crippen LogP contribution in [0.2, 0.25) is 0 Å². The number of para-hydroxylation sites is 1. The van der Waals surface area contributed by atoms with E-state index in [-0.39, 0.29) is 12.3 Å². The molecule has 2 rings (SSSR count). The van der Waals surface area contributed by atoms with E-state index in [1.807, 2.05) is 13.2 Å². The highest BCUT2D eigenvalue weighted by molar-refractivity contribution is 5.92. The number of anilines is 1. The van der Waals surface area contributed by atoms with Crippen molar-refractivity contribution >= 4 is 17.6 Å². The van der Waals surface area contributed by atoms with Crippen molar-refractivity contribution < 1.29 is 14.7 Å². The summed E-state index contributed by atoms with van der Waals surface area (Å²) in [5, 5.41) is 15.7. The number of aryl methyl sites for hydroxylation is 2. The van der Waals surface area contributed by atoms with Crippen LogP contribution in [0.5, 0.6) is 0 Å². The van der Waals surface area contributed by atoms with E-state index in [4.69, 9.17) is 5.11 Å². The van der Waals surface area contributed by atoms with E-state index in [0.717, 1.165) is 5.56 Å². The van der Waals surface area contributed by atoms with Crippen LogP contribution >= 0.6 is 0 Å². The molecular formula is C15H17N3O3. The molecule has 0 saturated heterocycles. The van der Waals surface area contributed by atoms with Gasteiger partial charge in [-0.05, 0) is 23.6 Å². The molecule has 110 valence electrons. The second-order valence-corrected chi connectivity index (χ2v) is 4.80. The third-order valence-electron chi connectivity index (χ3n) is 3.03. The quantitative estimate of drug-likeness (QED) is 0.845. The van der Waals surface area contributed by atoms with E-state index in [0.29, 0.717) is 24.1 Å². The minimum atomic E-state index is -0.924. The van der Waals surface area contributed by atoms with Crippen molar-refractivity contribution in [2.75, 3.05) is 5.32 Å². The molecule has 0 atom stereocenters. The number of benzene rings is 1. The minimum absolute atomic E-state index is 0.112. The molecule has 1 heterocycles. The lowest BCUT2D eigenvalue weighted by molar-refractivity contribution is -0.136. The first-order chi connectivity index (χ1) is 10.0. The van der Waals surface area contributed by atoms with Gasteiger partial charge in [-0.25, -0.2) is 0 Å². The molecular weight excluding hydrogens is 270 g/mol. The zero-order chi connectivity index (χ0) is 15.2. The Balaban J connectivity index is 1.94. The Bertz CT molecular complexity index is 649. The molecule has 1 aromatic heterocycles. The lowest BCUT2D eigenvalue weighted by Crippen LogP contribution is -2.14. The number of hydrogen-bond donors (Lipinski definition) is 2. The molecule has 0 aliphatic heterocycles. The molecule has 0 spiro atoms. The van der Waals surface area contributed by atoms with Crippen molar-refractivity contribution in [3.63, 3.8) is 0 Å². The van der Waals surface area contributed by atoms with E-state index in [2.05, 4.69) is 10.4 Å². The SMILES string of the molecule is Cn1cc(CCC(=O)Nc2ccccc2CC(=O)O)cn1. The van der Waals surface area contributed by atoms with Gasteiger partial charge in [-0.15, -0.1) is 0 Å². The van der Waals surface area contributed by atoms with Gasteiger partial charge >= 0.3 is 5.97 Å². The van der Waals surface area contributed by atoms with Crippen molar-refractivity contribution in [2.24, 2.45) is 7.05 Å². The average Bonchev–Trinajstić information content (AvgIpc) is 2.84. The zero-order valence-corrected chi connectivity index (χ0v) is 11.7. The van der Waals surface area contributed by atoms with Gasteiger partial charge in [0, 0.05) is 25.4 Å². The van der Waals surface area contributed by atoms with E-state index in [1.54, 1.807) is 35.1 Å². The molecule has 0 bridgehead atoms. The van der Waals surface area contributed by atoms with Gasteiger partial charge in [0.15, 0.2) is 0 Å². The Labute approximate surface area is 122 Å². The lowest BCUT2D eigenvalue weighted by atomic mass is 10.1. The third kappa shape index (κ3) is 4.45. The Morgan fingerprint density at radius 3 is 2.76 bits per heavy atom. The van der Waals surface area contributed by atoms with Crippen molar-refractivity contribution in [1.29, 1.82) is 0 Å². The van der Waals surface area contributed by atoms with Crippen LogP contribution in [-0.4, -0.2) is 26.8 Å². The van der Waals surface area contributed by atoms with Gasteiger partial charge in [0.25, 0.3) is 0 Å². The monoisotopic (exact) mass is 287 g/mol. The number of hydrogen-bond acceptors (Lipinski definition) is 3. The zero-order valence-electron chi connectivity index (χ0n) is 11.7. The van der Waals surface area contributed by atoms with Gasteiger partial charge in [0.2, 0.25) is 5.91 Å². The maximum Gasteiger partial charge on any atom is 0.307 e. The van der Waals surface area contributed by atoms with Crippen LogP contribution in [0, 0.1) is 0 Å². The summed E-state index contributed by atoms with van der Waals surface area (Å²) in [4.78, 5) is 22.7. The van der Waals surface area contributed by atoms with Gasteiger partial charge in [0.1, 0.15) is 0 Å². The molecule has 1 amide bonds. The summed E-state index contributed by atoms with van der Waals surface area (Å²) in [6.07, 6.45) is 4.41. The summed E-state index contributed by atoms with van der Waals surface area (Å²) >= 11 is 0. The van der Waals surface area contributed by atoms with E-state index < -0.39 is 5.97 Å². The first-order valence-corrected chi connectivity index (χ1v) is 6.61. The van der Waals surface area contributed by atoms with Crippen LogP contribution in [0.4, 0.5) is 5.69 Å². The van der Waals surface area contributed by atoms with Crippen molar-refractivity contribution in [2.45, 2.75) is 19.3 Å². The predicted molar refractivity (Wildman–Crippen MR) is 77.9 cm³/mol. The van der Waals surface area contributed by atoms with Crippen molar-refractivity contribution in [3.8, 4) is 0 Å². The Hall–Kier alpha value is -2.63. The first kappa shape index (κ1) is 14.8. The molecule has 0 fully saturated rings. The normalized spacial score (nSPS) is 10.3. The van der Waals surface area contributed by atoms with Crippen LogP contribution in [0.3, 0.4) is 0 Å². The molecule has 0 unspecified atom stereocenters. The van der Waals surface area contributed by atoms with Crippen LogP contribution in [0.15, 0.2) is 36.7 Å². The Morgan fingerprint density at radius 1 is 1.33 bits per heavy atom. The molecule has 2 aromatic rings. The number of aliphatic carboxylic acids is 1. The average molecular weight is 287 g/mol. The Kier molecular flexibility index (Phi) is 4.71. The van der Waals surface area contributed by atoms with E-state index in [9.17, 15) is 9.59 Å². The number of carboxylic acid groups (broad SMARTS) is 1. The summed E-state index contributed by atoms with van der Waals surface area (Å²) in [6, 6.07) is 6.93. The summed E-state index contributed by atoms with van der Waals surface area (Å²) in [7, 11) is 1.83. The second kappa shape index (κ2) is 6.69. The summed E-state index contributed by atoms with van der Waals surface area (Å²) < 4.78 is 1.69. The van der Waals surface area contributed by atoms with Gasteiger partial charge in [-0.1, -0.05) is 18.2 Å². The van der Waals surface area contributed by atoms with Gasteiger partial charge in [-0.2, -0.15) is 5.10 Å². The molecule has 6 nitrogen and oxygen atoms in total. The highest BCUT2D eigenvalue weighted by atomic mass is 16.4. The van der Waals surface area contributed by atoms with Crippen molar-refractivity contribution in [1.82, 2.24) is 9.78 Å². The number of rotatable bonds is 6. The third-order valence-corrected chi connectivity index (χ3v) is 3.03. The molecule has 0 aliphatic carbocycles. The number of carboxylic acids is 1. The molecule has 21 heavy (non-hydrogen) atoms. The standard InChI is InChI=1S/C15H17N3O3/c1-18-10-11(9-16-18)6-7-14(19)17-13-5-3-2-4-12(13)8-15(20)21/h2-5,9-10H,6-8H2,1H3,(H,17,19)(H,20,21). The highest BCUT2D eigenvalue weighted by Gasteiger charge is 2.09. The highest BCUT2D eigenvalue weighted by Crippen LogP contribution is 2.16. The molecule has 1 aromatic carbocycles. The molecule has 6 heteroatoms. The fraction of sp³-hybridized carbons (Fsp3) is 0.267. The molecule has 0 aliphatic rings. The molecule has 2 N–H and O–H groups in total. The van der Waals surface area contributed by atoms with Gasteiger partial charge in [-0.3, -0.25) is 14.3 Å². The Morgan fingerprint density at radius 2 is 2.10 bits per heavy atom. The number of carbonyl (C=O) groups excluding carboxylic acids is 1. The fourth-order valence-electron chi connectivity index (χ4n) is 2.03. The van der Waals surface area contributed by atoms with Crippen molar-refractivity contribution in [3.05, 3.63) is 47.8 Å². The number of aromatic nitrogens is 2. The fourth-order valence-corrected chi connectivity index (χ4v) is 2.03. The maximum absolute atomic E-state index is 11.9. The summed E-state index contributed by atoms with van der Waals surface area (Å²) in [5.74, 6) is -1.07. The maximum atomic E-state index is 11.9. The predicted octanol–water partition coefficient (Wildman–Crippen LogP) is 1.62. The number of nitrogens with one attached hydrogen (secondary N) is 1. The largest absolute Gasteiger partial charge is 0.481 e. The lowest BCUT2D eigenvalue weighted by Gasteiger charge is -2.09. The van der Waals surface area contributed by atoms with Gasteiger partial charge < -0.3 is 10.4 Å². The molecule has 0 radical (unpaired) electrons. The number of carbonyl (C=O) groups is 2. The number of nitrogens with zero attached hydrogens (tertiary/aromatic N) is 2. The van der Waals surface area contributed by atoms with Crippen LogP contribution in [0.25, 0.3) is 0 Å². The number of amides is 1. The van der Waals surface area contributed by atoms with E-state index in [1.165, 1.54) is 0 Å². The van der Waals surface area contributed by atoms with Gasteiger partial charge in [0.05, 0.1) is 12.6 Å². The molecule has 0 saturated carbocycles. The topological polar surface area (TPSA) is 84.2 Å². The second-order valence-electron chi connectivity index (χ2n) is 4.80. The first-order valence-electron chi connectivity index (χ1n) is 6.61. The van der Waals surface area contributed by atoms with E-state index >= 15 is 0 Å². The van der Waals surface area contributed by atoms with Crippen LogP contribution in [0.1, 0.15) is 17.5 Å². The summed E-state index contributed by atoms with van der Waals surface area (Å²) in [5.41, 5.74) is 2.14. The van der Waals surface area contributed by atoms with Crippen LogP contribution < -0.4 is 5.32 Å². The summed E-state index contributed by atoms with van der Waals surface area (Å²) in [6.45, 7) is 0.